The predicted octanol–water partition coefficient (Wildman–Crippen LogP) is 3.39. The Morgan fingerprint density at radius 1 is 1.21 bits per heavy atom. The van der Waals surface area contributed by atoms with Gasteiger partial charge < -0.3 is 25.0 Å². The summed E-state index contributed by atoms with van der Waals surface area (Å²) in [5.41, 5.74) is -0.516. The van der Waals surface area contributed by atoms with Crippen molar-refractivity contribution in [2.45, 2.75) is 72.4 Å². The van der Waals surface area contributed by atoms with Gasteiger partial charge in [-0.25, -0.2) is 4.79 Å². The second-order valence-corrected chi connectivity index (χ2v) is 8.09. The van der Waals surface area contributed by atoms with Crippen molar-refractivity contribution >= 4 is 42.0 Å². The first-order valence-corrected chi connectivity index (χ1v) is 10.1. The highest BCUT2D eigenvalue weighted by Gasteiger charge is 2.22. The van der Waals surface area contributed by atoms with Gasteiger partial charge in [-0.1, -0.05) is 13.8 Å². The molecule has 0 rings (SSSR count). The molecule has 0 aliphatic heterocycles. The van der Waals surface area contributed by atoms with Crippen LogP contribution in [0.5, 0.6) is 0 Å². The number of halogens is 1. The molecule has 2 N–H and O–H groups in total. The highest BCUT2D eigenvalue weighted by atomic mass is 127. The molecule has 0 aliphatic rings. The third-order valence-electron chi connectivity index (χ3n) is 4.00. The molecule has 0 aliphatic carbocycles. The van der Waals surface area contributed by atoms with Crippen molar-refractivity contribution in [3.8, 4) is 0 Å². The predicted molar refractivity (Wildman–Crippen MR) is 128 cm³/mol. The molecule has 0 aromatic carbocycles. The fourth-order valence-electron chi connectivity index (χ4n) is 2.52. The zero-order valence-electron chi connectivity index (χ0n) is 19.3. The van der Waals surface area contributed by atoms with E-state index < -0.39 is 11.7 Å². The summed E-state index contributed by atoms with van der Waals surface area (Å²) in [7, 11) is 3.68. The van der Waals surface area contributed by atoms with Crippen LogP contribution in [0.15, 0.2) is 4.99 Å². The average molecular weight is 528 g/mol. The van der Waals surface area contributed by atoms with Crippen LogP contribution < -0.4 is 10.6 Å². The Morgan fingerprint density at radius 3 is 2.31 bits per heavy atom. The van der Waals surface area contributed by atoms with Crippen molar-refractivity contribution in [1.82, 2.24) is 15.5 Å². The van der Waals surface area contributed by atoms with Gasteiger partial charge in [-0.2, -0.15) is 0 Å². The van der Waals surface area contributed by atoms with E-state index in [2.05, 4.69) is 29.5 Å². The number of nitrogens with one attached hydrogen (secondary N) is 2. The normalized spacial score (nSPS) is 12.7. The van der Waals surface area contributed by atoms with E-state index in [0.29, 0.717) is 26.0 Å². The third-order valence-corrected chi connectivity index (χ3v) is 4.00. The van der Waals surface area contributed by atoms with Gasteiger partial charge in [0.25, 0.3) is 0 Å². The van der Waals surface area contributed by atoms with Gasteiger partial charge in [0.1, 0.15) is 5.60 Å². The summed E-state index contributed by atoms with van der Waals surface area (Å²) in [5.74, 6) is 0.852. The maximum absolute atomic E-state index is 12.1. The van der Waals surface area contributed by atoms with Gasteiger partial charge in [0.05, 0.1) is 6.61 Å². The molecule has 0 aromatic heterocycles. The molecule has 0 spiro atoms. The number of hydrogen-bond acceptors (Lipinski definition) is 5. The van der Waals surface area contributed by atoms with Gasteiger partial charge in [-0.3, -0.25) is 9.79 Å². The molecule has 0 bridgehead atoms. The van der Waals surface area contributed by atoms with Crippen molar-refractivity contribution in [2.24, 2.45) is 10.9 Å². The average Bonchev–Trinajstić information content (AvgIpc) is 2.56. The number of aliphatic imine (C=N–C) groups is 1. The van der Waals surface area contributed by atoms with Crippen molar-refractivity contribution < 1.29 is 19.1 Å². The van der Waals surface area contributed by atoms with Gasteiger partial charge in [0.15, 0.2) is 5.96 Å². The Morgan fingerprint density at radius 2 is 1.83 bits per heavy atom. The van der Waals surface area contributed by atoms with Gasteiger partial charge in [0, 0.05) is 39.6 Å². The lowest BCUT2D eigenvalue weighted by Crippen LogP contribution is -2.45. The summed E-state index contributed by atoms with van der Waals surface area (Å²) in [4.78, 5) is 29.7. The molecular weight excluding hydrogens is 487 g/mol. The van der Waals surface area contributed by atoms with Crippen LogP contribution >= 0.6 is 24.0 Å². The number of rotatable bonds is 10. The van der Waals surface area contributed by atoms with Crippen molar-refractivity contribution in [3.63, 3.8) is 0 Å². The van der Waals surface area contributed by atoms with Crippen LogP contribution in [-0.2, 0) is 14.3 Å². The Kier molecular flexibility index (Phi) is 16.1. The zero-order chi connectivity index (χ0) is 21.7. The quantitative estimate of drug-likeness (QED) is 0.149. The summed E-state index contributed by atoms with van der Waals surface area (Å²) >= 11 is 0. The lowest BCUT2D eigenvalue weighted by Gasteiger charge is -2.28. The summed E-state index contributed by atoms with van der Waals surface area (Å²) in [6.07, 6.45) is 1.43. The zero-order valence-corrected chi connectivity index (χ0v) is 21.7. The molecule has 9 heteroatoms. The Hall–Kier alpha value is -1.26. The molecular formula is C20H41IN4O4. The Labute approximate surface area is 193 Å². The Balaban J connectivity index is 0. The van der Waals surface area contributed by atoms with Crippen LogP contribution in [0.25, 0.3) is 0 Å². The summed E-state index contributed by atoms with van der Waals surface area (Å²) in [6, 6.07) is -0.000722. The molecule has 8 nitrogen and oxygen atoms in total. The molecule has 0 radical (unpaired) electrons. The van der Waals surface area contributed by atoms with E-state index in [1.807, 2.05) is 32.7 Å². The number of carbonyl (C=O) groups is 2. The highest BCUT2D eigenvalue weighted by molar-refractivity contribution is 14.0. The second kappa shape index (κ2) is 15.6. The minimum atomic E-state index is -0.516. The van der Waals surface area contributed by atoms with Gasteiger partial charge in [-0.15, -0.1) is 24.0 Å². The number of amides is 1. The van der Waals surface area contributed by atoms with E-state index in [1.54, 1.807) is 14.0 Å². The molecule has 0 saturated heterocycles. The highest BCUT2D eigenvalue weighted by Crippen LogP contribution is 2.11. The minimum absolute atomic E-state index is 0. The first-order chi connectivity index (χ1) is 13.0. The largest absolute Gasteiger partial charge is 0.466 e. The van der Waals surface area contributed by atoms with Gasteiger partial charge >= 0.3 is 12.1 Å². The fraction of sp³-hybridized carbons (Fsp3) is 0.850. The van der Waals surface area contributed by atoms with E-state index in [1.165, 1.54) is 0 Å². The van der Waals surface area contributed by atoms with Crippen molar-refractivity contribution in [2.75, 3.05) is 33.8 Å². The standard InChI is InChI=1S/C20H40N4O4.HI/c1-9-27-17(25)11-10-13-22-18(21-7)24(8)14-12-16(15(2)3)23-19(26)28-20(4,5)6;/h15-16H,9-14H2,1-8H3,(H,21,22)(H,23,26);1H. The topological polar surface area (TPSA) is 92.3 Å². The molecule has 0 aromatic rings. The Bertz CT molecular complexity index is 507. The third kappa shape index (κ3) is 15.3. The van der Waals surface area contributed by atoms with Crippen LogP contribution in [-0.4, -0.2) is 68.4 Å². The van der Waals surface area contributed by atoms with E-state index >= 15 is 0 Å². The van der Waals surface area contributed by atoms with E-state index in [0.717, 1.165) is 18.9 Å². The minimum Gasteiger partial charge on any atom is -0.466 e. The molecule has 1 amide bonds. The summed E-state index contributed by atoms with van der Waals surface area (Å²) < 4.78 is 10.3. The van der Waals surface area contributed by atoms with Crippen molar-refractivity contribution in [1.29, 1.82) is 0 Å². The number of guanidine groups is 1. The number of carbonyl (C=O) groups excluding carboxylic acids is 2. The number of ether oxygens (including phenoxy) is 2. The number of alkyl carbamates (subject to hydrolysis) is 1. The first kappa shape index (κ1) is 29.9. The van der Waals surface area contributed by atoms with Crippen molar-refractivity contribution in [3.05, 3.63) is 0 Å². The fourth-order valence-corrected chi connectivity index (χ4v) is 2.52. The molecule has 0 saturated carbocycles. The maximum atomic E-state index is 12.1. The molecule has 1 atom stereocenters. The van der Waals surface area contributed by atoms with E-state index in [-0.39, 0.29) is 41.9 Å². The lowest BCUT2D eigenvalue weighted by atomic mass is 10.0. The van der Waals surface area contributed by atoms with Crippen LogP contribution in [0.2, 0.25) is 0 Å². The molecule has 29 heavy (non-hydrogen) atoms. The van der Waals surface area contributed by atoms with Crippen LogP contribution in [0.3, 0.4) is 0 Å². The second-order valence-electron chi connectivity index (χ2n) is 8.09. The summed E-state index contributed by atoms with van der Waals surface area (Å²) in [6.45, 7) is 13.3. The van der Waals surface area contributed by atoms with Crippen LogP contribution in [0.4, 0.5) is 4.79 Å². The number of hydrogen-bond donors (Lipinski definition) is 2. The lowest BCUT2D eigenvalue weighted by molar-refractivity contribution is -0.143. The van der Waals surface area contributed by atoms with E-state index in [4.69, 9.17) is 9.47 Å². The molecule has 1 unspecified atom stereocenters. The smallest absolute Gasteiger partial charge is 0.407 e. The van der Waals surface area contributed by atoms with Crippen LogP contribution in [0.1, 0.15) is 60.8 Å². The van der Waals surface area contributed by atoms with Gasteiger partial charge in [0.2, 0.25) is 0 Å². The first-order valence-electron chi connectivity index (χ1n) is 10.1. The van der Waals surface area contributed by atoms with Gasteiger partial charge in [-0.05, 0) is 46.5 Å². The van der Waals surface area contributed by atoms with Crippen LogP contribution in [0, 0.1) is 5.92 Å². The number of esters is 1. The molecule has 0 heterocycles. The monoisotopic (exact) mass is 528 g/mol. The molecule has 0 fully saturated rings. The van der Waals surface area contributed by atoms with E-state index in [9.17, 15) is 9.59 Å². The summed E-state index contributed by atoms with van der Waals surface area (Å²) in [5, 5.41) is 6.21. The number of nitrogens with zero attached hydrogens (tertiary/aromatic N) is 2. The SMILES string of the molecule is CCOC(=O)CCCNC(=NC)N(C)CCC(NC(=O)OC(C)(C)C)C(C)C.I. The maximum Gasteiger partial charge on any atom is 0.407 e. The molecule has 172 valence electrons.